The first-order valence-corrected chi connectivity index (χ1v) is 6.41. The first-order chi connectivity index (χ1) is 9.45. The minimum absolute atomic E-state index is 0.231. The highest BCUT2D eigenvalue weighted by Crippen LogP contribution is 2.15. The van der Waals surface area contributed by atoms with Gasteiger partial charge in [0.15, 0.2) is 0 Å². The predicted octanol–water partition coefficient (Wildman–Crippen LogP) is 1.46. The molecule has 1 heterocycles. The van der Waals surface area contributed by atoms with Crippen LogP contribution in [0.5, 0.6) is 0 Å². The molecule has 106 valence electrons. The summed E-state index contributed by atoms with van der Waals surface area (Å²) >= 11 is 0. The fourth-order valence-electron chi connectivity index (χ4n) is 1.90. The van der Waals surface area contributed by atoms with E-state index in [-0.39, 0.29) is 5.95 Å². The van der Waals surface area contributed by atoms with Gasteiger partial charge >= 0.3 is 0 Å². The number of nitrogens with zero attached hydrogens (tertiary/aromatic N) is 5. The normalized spacial score (nSPS) is 10.4. The molecule has 0 unspecified atom stereocenters. The molecule has 2 N–H and O–H groups in total. The van der Waals surface area contributed by atoms with Gasteiger partial charge in [0.1, 0.15) is 0 Å². The summed E-state index contributed by atoms with van der Waals surface area (Å²) in [6.45, 7) is 2.80. The quantitative estimate of drug-likeness (QED) is 0.908. The maximum absolute atomic E-state index is 5.74. The van der Waals surface area contributed by atoms with Crippen LogP contribution in [0, 0.1) is 6.92 Å². The van der Waals surface area contributed by atoms with Crippen LogP contribution in [0.2, 0.25) is 0 Å². The van der Waals surface area contributed by atoms with Gasteiger partial charge in [-0.05, 0) is 12.5 Å². The molecule has 0 bridgehead atoms. The Labute approximate surface area is 119 Å². The zero-order chi connectivity index (χ0) is 14.7. The van der Waals surface area contributed by atoms with Crippen LogP contribution < -0.4 is 15.5 Å². The molecule has 0 amide bonds. The van der Waals surface area contributed by atoms with Gasteiger partial charge in [-0.1, -0.05) is 29.8 Å². The number of hydrogen-bond acceptors (Lipinski definition) is 6. The highest BCUT2D eigenvalue weighted by atomic mass is 15.3. The highest BCUT2D eigenvalue weighted by molar-refractivity contribution is 5.42. The second-order valence-electron chi connectivity index (χ2n) is 5.03. The Kier molecular flexibility index (Phi) is 4.02. The Morgan fingerprint density at radius 1 is 1.05 bits per heavy atom. The second-order valence-corrected chi connectivity index (χ2v) is 5.03. The fourth-order valence-corrected chi connectivity index (χ4v) is 1.90. The molecule has 2 aromatic rings. The van der Waals surface area contributed by atoms with E-state index in [0.29, 0.717) is 11.9 Å². The van der Waals surface area contributed by atoms with E-state index >= 15 is 0 Å². The maximum atomic E-state index is 5.74. The van der Waals surface area contributed by atoms with Crippen molar-refractivity contribution in [2.45, 2.75) is 13.5 Å². The van der Waals surface area contributed by atoms with E-state index < -0.39 is 0 Å². The average molecular weight is 272 g/mol. The Morgan fingerprint density at radius 2 is 1.75 bits per heavy atom. The lowest BCUT2D eigenvalue weighted by Crippen LogP contribution is -2.22. The minimum Gasteiger partial charge on any atom is -0.368 e. The van der Waals surface area contributed by atoms with E-state index in [4.69, 9.17) is 5.73 Å². The van der Waals surface area contributed by atoms with E-state index in [1.54, 1.807) is 0 Å². The Hall–Kier alpha value is -2.37. The van der Waals surface area contributed by atoms with E-state index in [1.807, 2.05) is 37.0 Å². The molecule has 0 atom stereocenters. The van der Waals surface area contributed by atoms with Crippen molar-refractivity contribution in [3.8, 4) is 0 Å². The van der Waals surface area contributed by atoms with Gasteiger partial charge in [0.25, 0.3) is 0 Å². The summed E-state index contributed by atoms with van der Waals surface area (Å²) in [5.41, 5.74) is 8.18. The molecule has 0 saturated heterocycles. The van der Waals surface area contributed by atoms with Crippen LogP contribution in [0.15, 0.2) is 24.3 Å². The van der Waals surface area contributed by atoms with Gasteiger partial charge in [0.05, 0.1) is 0 Å². The Balaban J connectivity index is 2.22. The summed E-state index contributed by atoms with van der Waals surface area (Å²) in [4.78, 5) is 16.4. The zero-order valence-electron chi connectivity index (χ0n) is 12.3. The number of rotatable bonds is 4. The number of anilines is 3. The van der Waals surface area contributed by atoms with Gasteiger partial charge in [0.2, 0.25) is 17.8 Å². The third-order valence-electron chi connectivity index (χ3n) is 2.87. The number of hydrogen-bond donors (Lipinski definition) is 1. The van der Waals surface area contributed by atoms with Gasteiger partial charge in [-0.3, -0.25) is 0 Å². The lowest BCUT2D eigenvalue weighted by molar-refractivity contribution is 0.845. The maximum Gasteiger partial charge on any atom is 0.231 e. The minimum atomic E-state index is 0.231. The lowest BCUT2D eigenvalue weighted by Gasteiger charge is -2.19. The van der Waals surface area contributed by atoms with E-state index in [2.05, 4.69) is 40.1 Å². The largest absolute Gasteiger partial charge is 0.368 e. The highest BCUT2D eigenvalue weighted by Gasteiger charge is 2.10. The number of aryl methyl sites for hydroxylation is 1. The third-order valence-corrected chi connectivity index (χ3v) is 2.87. The summed E-state index contributed by atoms with van der Waals surface area (Å²) < 4.78 is 0. The topological polar surface area (TPSA) is 71.2 Å². The van der Waals surface area contributed by atoms with Crippen molar-refractivity contribution in [2.24, 2.45) is 0 Å². The van der Waals surface area contributed by atoms with Crippen molar-refractivity contribution in [1.29, 1.82) is 0 Å². The number of aromatic nitrogens is 3. The number of nitrogen functional groups attached to an aromatic ring is 1. The summed E-state index contributed by atoms with van der Waals surface area (Å²) in [5.74, 6) is 1.36. The monoisotopic (exact) mass is 272 g/mol. The van der Waals surface area contributed by atoms with Crippen LogP contribution in [-0.4, -0.2) is 36.1 Å². The lowest BCUT2D eigenvalue weighted by atomic mass is 10.1. The van der Waals surface area contributed by atoms with Gasteiger partial charge in [-0.25, -0.2) is 0 Å². The van der Waals surface area contributed by atoms with E-state index in [9.17, 15) is 0 Å². The van der Waals surface area contributed by atoms with Crippen molar-refractivity contribution >= 4 is 17.8 Å². The second kappa shape index (κ2) is 5.73. The molecular formula is C14H20N6. The molecule has 6 heteroatoms. The predicted molar refractivity (Wildman–Crippen MR) is 81.9 cm³/mol. The van der Waals surface area contributed by atoms with Crippen molar-refractivity contribution in [3.05, 3.63) is 35.4 Å². The molecule has 20 heavy (non-hydrogen) atoms. The van der Waals surface area contributed by atoms with Gasteiger partial charge < -0.3 is 15.5 Å². The van der Waals surface area contributed by atoms with Crippen LogP contribution in [0.1, 0.15) is 11.1 Å². The molecule has 0 saturated carbocycles. The van der Waals surface area contributed by atoms with Crippen LogP contribution in [0.25, 0.3) is 0 Å². The van der Waals surface area contributed by atoms with Gasteiger partial charge in [-0.15, -0.1) is 0 Å². The summed E-state index contributed by atoms with van der Waals surface area (Å²) in [7, 11) is 5.69. The van der Waals surface area contributed by atoms with Gasteiger partial charge in [-0.2, -0.15) is 15.0 Å². The van der Waals surface area contributed by atoms with Gasteiger partial charge in [0, 0.05) is 27.7 Å². The van der Waals surface area contributed by atoms with Crippen molar-refractivity contribution in [3.63, 3.8) is 0 Å². The van der Waals surface area contributed by atoms with Crippen LogP contribution in [-0.2, 0) is 6.54 Å². The molecule has 0 aliphatic carbocycles. The molecule has 0 aliphatic rings. The molecule has 2 rings (SSSR count). The first kappa shape index (κ1) is 14.0. The summed E-state index contributed by atoms with van der Waals surface area (Å²) in [6.07, 6.45) is 0. The molecule has 0 spiro atoms. The number of nitrogens with two attached hydrogens (primary N) is 1. The van der Waals surface area contributed by atoms with Crippen molar-refractivity contribution in [1.82, 2.24) is 15.0 Å². The Bertz CT molecular complexity index is 596. The molecule has 1 aromatic heterocycles. The standard InChI is InChI=1S/C14H20N6/c1-10-6-5-7-11(8-10)9-20(4)14-17-12(15)16-13(18-14)19(2)3/h5-8H,9H2,1-4H3,(H2,15,16,17,18). The Morgan fingerprint density at radius 3 is 2.40 bits per heavy atom. The molecule has 0 fully saturated rings. The molecular weight excluding hydrogens is 252 g/mol. The summed E-state index contributed by atoms with van der Waals surface area (Å²) in [6, 6.07) is 8.36. The fraction of sp³-hybridized carbons (Fsp3) is 0.357. The van der Waals surface area contributed by atoms with E-state index in [1.165, 1.54) is 11.1 Å². The first-order valence-electron chi connectivity index (χ1n) is 6.41. The molecule has 1 aromatic carbocycles. The molecule has 6 nitrogen and oxygen atoms in total. The van der Waals surface area contributed by atoms with Crippen LogP contribution in [0.4, 0.5) is 17.8 Å². The molecule has 0 radical (unpaired) electrons. The molecule has 0 aliphatic heterocycles. The van der Waals surface area contributed by atoms with Crippen molar-refractivity contribution in [2.75, 3.05) is 36.7 Å². The summed E-state index contributed by atoms with van der Waals surface area (Å²) in [5, 5.41) is 0. The van der Waals surface area contributed by atoms with E-state index in [0.717, 1.165) is 6.54 Å². The SMILES string of the molecule is Cc1cccc(CN(C)c2nc(N)nc(N(C)C)n2)c1. The average Bonchev–Trinajstić information content (AvgIpc) is 2.37. The smallest absolute Gasteiger partial charge is 0.231 e. The van der Waals surface area contributed by atoms with Crippen LogP contribution >= 0.6 is 0 Å². The third kappa shape index (κ3) is 3.34. The zero-order valence-corrected chi connectivity index (χ0v) is 12.3. The van der Waals surface area contributed by atoms with Crippen molar-refractivity contribution < 1.29 is 0 Å². The number of benzene rings is 1. The van der Waals surface area contributed by atoms with Crippen LogP contribution in [0.3, 0.4) is 0 Å².